The van der Waals surface area contributed by atoms with Crippen LogP contribution in [-0.4, -0.2) is 12.6 Å². The third kappa shape index (κ3) is 10.8. The highest BCUT2D eigenvalue weighted by Crippen LogP contribution is 2.40. The molecule has 0 unspecified atom stereocenters. The molecule has 0 saturated heterocycles. The van der Waals surface area contributed by atoms with Crippen molar-refractivity contribution < 1.29 is 9.53 Å². The number of hydrogen-bond donors (Lipinski definition) is 0. The molecule has 0 N–H and O–H groups in total. The van der Waals surface area contributed by atoms with Gasteiger partial charge >= 0.3 is 5.97 Å². The van der Waals surface area contributed by atoms with Gasteiger partial charge in [0.1, 0.15) is 0 Å². The Kier molecular flexibility index (Phi) is 13.9. The molecule has 0 saturated carbocycles. The van der Waals surface area contributed by atoms with E-state index in [-0.39, 0.29) is 5.97 Å². The van der Waals surface area contributed by atoms with Crippen LogP contribution in [0.15, 0.2) is 273 Å². The maximum atomic E-state index is 11.9. The summed E-state index contributed by atoms with van der Waals surface area (Å²) in [4.78, 5) is 16.5. The third-order valence-electron chi connectivity index (χ3n) is 12.9. The molecule has 0 amide bonds. The van der Waals surface area contributed by atoms with E-state index in [1.165, 1.54) is 44.5 Å². The van der Waals surface area contributed by atoms with Crippen LogP contribution in [0.2, 0.25) is 0 Å². The summed E-state index contributed by atoms with van der Waals surface area (Å²) in [5.74, 6) is -0.344. The largest absolute Gasteiger partial charge is 0.462 e. The number of rotatable bonds is 16. The molecule has 0 aliphatic rings. The van der Waals surface area contributed by atoms with Crippen molar-refractivity contribution in [3.05, 3.63) is 279 Å². The summed E-state index contributed by atoms with van der Waals surface area (Å²) in [5, 5.41) is 0. The van der Waals surface area contributed by atoms with Crippen molar-refractivity contribution in [3.63, 3.8) is 0 Å². The molecule has 4 heteroatoms. The zero-order chi connectivity index (χ0) is 48.4. The van der Waals surface area contributed by atoms with Crippen LogP contribution >= 0.6 is 0 Å². The topological polar surface area (TPSA) is 32.8 Å². The summed E-state index contributed by atoms with van der Waals surface area (Å²) in [6.45, 7) is 5.72. The Morgan fingerprint density at radius 3 is 0.817 bits per heavy atom. The van der Waals surface area contributed by atoms with E-state index in [1.54, 1.807) is 6.92 Å². The lowest BCUT2D eigenvalue weighted by molar-refractivity contribution is -0.139. The van der Waals surface area contributed by atoms with Gasteiger partial charge in [-0.1, -0.05) is 195 Å². The first-order chi connectivity index (χ1) is 34.9. The molecule has 10 aromatic rings. The predicted octanol–water partition coefficient (Wildman–Crippen LogP) is 18.0. The van der Waals surface area contributed by atoms with E-state index in [4.69, 9.17) is 4.74 Å². The Balaban J connectivity index is 0.922. The second-order valence-corrected chi connectivity index (χ2v) is 17.8. The van der Waals surface area contributed by atoms with Crippen molar-refractivity contribution >= 4 is 40.1 Å². The number of nitrogens with zero attached hydrogens (tertiary/aromatic N) is 2. The summed E-state index contributed by atoms with van der Waals surface area (Å²) >= 11 is 0. The Hall–Kier alpha value is -8.99. The summed E-state index contributed by atoms with van der Waals surface area (Å²) in [5.41, 5.74) is 19.7. The standard InChI is InChI=1S/C67H54N2O2/c1-49(2)67(70)71-48-12-13-50-20-36-61(37-21-50)68(62-42-30-58(31-43-62)55-24-22-54(23-25-55)51-14-6-3-7-15-51)63-44-32-59(33-45-63)60-34-46-66(47-35-60)69(64-38-26-56(27-39-64)52-16-8-4-9-17-52)65-40-28-57(29-41-65)53-18-10-5-11-19-53/h3-11,14-47H,1,12-13,48H2,2H3. The lowest BCUT2D eigenvalue weighted by Crippen LogP contribution is -2.10. The van der Waals surface area contributed by atoms with Crippen molar-refractivity contribution in [2.75, 3.05) is 16.4 Å². The zero-order valence-corrected chi connectivity index (χ0v) is 39.9. The van der Waals surface area contributed by atoms with Crippen molar-refractivity contribution in [2.45, 2.75) is 19.8 Å². The number of carbonyl (C=O) groups is 1. The first kappa shape index (κ1) is 45.8. The van der Waals surface area contributed by atoms with Gasteiger partial charge in [0.15, 0.2) is 0 Å². The minimum Gasteiger partial charge on any atom is -0.462 e. The number of benzene rings is 10. The molecule has 10 aromatic carbocycles. The second kappa shape index (κ2) is 21.5. The Morgan fingerprint density at radius 2 is 0.563 bits per heavy atom. The number of aryl methyl sites for hydroxylation is 1. The number of hydrogen-bond acceptors (Lipinski definition) is 4. The summed E-state index contributed by atoms with van der Waals surface area (Å²) in [6, 6.07) is 93.1. The molecule has 0 bridgehead atoms. The minimum absolute atomic E-state index is 0.344. The third-order valence-corrected chi connectivity index (χ3v) is 12.9. The smallest absolute Gasteiger partial charge is 0.333 e. The van der Waals surface area contributed by atoms with E-state index in [0.29, 0.717) is 12.2 Å². The van der Waals surface area contributed by atoms with E-state index in [2.05, 4.69) is 271 Å². The first-order valence-electron chi connectivity index (χ1n) is 24.2. The van der Waals surface area contributed by atoms with E-state index in [9.17, 15) is 4.79 Å². The maximum absolute atomic E-state index is 11.9. The van der Waals surface area contributed by atoms with Crippen LogP contribution in [0.25, 0.3) is 55.6 Å². The van der Waals surface area contributed by atoms with Crippen LogP contribution in [0.1, 0.15) is 18.9 Å². The first-order valence-corrected chi connectivity index (χ1v) is 24.2. The number of carbonyl (C=O) groups excluding carboxylic acids is 1. The second-order valence-electron chi connectivity index (χ2n) is 17.8. The SMILES string of the molecule is C=C(C)C(=O)OCCCc1ccc(N(c2ccc(-c3ccc(-c4ccccc4)cc3)cc2)c2ccc(-c3ccc(N(c4ccc(-c5ccccc5)cc4)c4ccc(-c5ccccc5)cc4)cc3)cc2)cc1. The molecule has 71 heavy (non-hydrogen) atoms. The van der Waals surface area contributed by atoms with Gasteiger partial charge in [-0.25, -0.2) is 4.79 Å². The zero-order valence-electron chi connectivity index (χ0n) is 39.9. The highest BCUT2D eigenvalue weighted by molar-refractivity contribution is 5.87. The van der Waals surface area contributed by atoms with Crippen LogP contribution in [-0.2, 0) is 16.0 Å². The van der Waals surface area contributed by atoms with E-state index in [0.717, 1.165) is 63.7 Å². The van der Waals surface area contributed by atoms with E-state index in [1.807, 2.05) is 6.07 Å². The monoisotopic (exact) mass is 918 g/mol. The van der Waals surface area contributed by atoms with Crippen LogP contribution in [0.3, 0.4) is 0 Å². The highest BCUT2D eigenvalue weighted by Gasteiger charge is 2.17. The number of ether oxygens (including phenoxy) is 1. The Bertz CT molecular complexity index is 3230. The molecule has 10 rings (SSSR count). The fraction of sp³-hybridized carbons (Fsp3) is 0.0597. The minimum atomic E-state index is -0.344. The normalized spacial score (nSPS) is 10.9. The van der Waals surface area contributed by atoms with Gasteiger partial charge in [0, 0.05) is 39.7 Å². The van der Waals surface area contributed by atoms with E-state index < -0.39 is 0 Å². The van der Waals surface area contributed by atoms with Crippen LogP contribution in [0.4, 0.5) is 34.1 Å². The van der Waals surface area contributed by atoms with Crippen molar-refractivity contribution in [1.82, 2.24) is 0 Å². The average molecular weight is 919 g/mol. The maximum Gasteiger partial charge on any atom is 0.333 e. The van der Waals surface area contributed by atoms with Gasteiger partial charge in [0.05, 0.1) is 6.61 Å². The fourth-order valence-electron chi connectivity index (χ4n) is 9.03. The quantitative estimate of drug-likeness (QED) is 0.0549. The summed E-state index contributed by atoms with van der Waals surface area (Å²) in [6.07, 6.45) is 1.54. The van der Waals surface area contributed by atoms with Gasteiger partial charge in [0.2, 0.25) is 0 Å². The fourth-order valence-corrected chi connectivity index (χ4v) is 9.03. The molecular formula is C67H54N2O2. The molecule has 0 fully saturated rings. The van der Waals surface area contributed by atoms with Gasteiger partial charge in [-0.3, -0.25) is 0 Å². The van der Waals surface area contributed by atoms with Gasteiger partial charge in [-0.15, -0.1) is 0 Å². The lowest BCUT2D eigenvalue weighted by atomic mass is 10.00. The van der Waals surface area contributed by atoms with E-state index >= 15 is 0 Å². The molecule has 0 spiro atoms. The molecule has 0 aromatic heterocycles. The van der Waals surface area contributed by atoms with Gasteiger partial charge < -0.3 is 14.5 Å². The van der Waals surface area contributed by atoms with Gasteiger partial charge in [-0.2, -0.15) is 0 Å². The van der Waals surface area contributed by atoms with Crippen molar-refractivity contribution in [3.8, 4) is 55.6 Å². The van der Waals surface area contributed by atoms with Crippen molar-refractivity contribution in [2.24, 2.45) is 0 Å². The van der Waals surface area contributed by atoms with Crippen LogP contribution < -0.4 is 9.80 Å². The van der Waals surface area contributed by atoms with Crippen LogP contribution in [0, 0.1) is 0 Å². The molecule has 4 nitrogen and oxygen atoms in total. The van der Waals surface area contributed by atoms with Gasteiger partial charge in [0.25, 0.3) is 0 Å². The number of esters is 1. The molecule has 0 aliphatic carbocycles. The summed E-state index contributed by atoms with van der Waals surface area (Å²) < 4.78 is 5.35. The lowest BCUT2D eigenvalue weighted by Gasteiger charge is -2.27. The molecule has 0 atom stereocenters. The van der Waals surface area contributed by atoms with Crippen LogP contribution in [0.5, 0.6) is 0 Å². The van der Waals surface area contributed by atoms with Crippen molar-refractivity contribution in [1.29, 1.82) is 0 Å². The molecule has 0 radical (unpaired) electrons. The summed E-state index contributed by atoms with van der Waals surface area (Å²) in [7, 11) is 0. The predicted molar refractivity (Wildman–Crippen MR) is 297 cm³/mol. The molecular weight excluding hydrogens is 865 g/mol. The number of anilines is 6. The van der Waals surface area contributed by atoms with Gasteiger partial charge in [-0.05, 0) is 154 Å². The Labute approximate surface area is 418 Å². The average Bonchev–Trinajstić information content (AvgIpc) is 3.44. The molecule has 0 aliphatic heterocycles. The molecule has 344 valence electrons. The molecule has 0 heterocycles. The Morgan fingerprint density at radius 1 is 0.338 bits per heavy atom. The highest BCUT2D eigenvalue weighted by atomic mass is 16.5.